The van der Waals surface area contributed by atoms with Crippen molar-refractivity contribution in [3.8, 4) is 0 Å². The molecule has 2 amide bonds. The number of nitrogens with one attached hydrogen (secondary N) is 2. The molecule has 1 aliphatic carbocycles. The fourth-order valence-corrected chi connectivity index (χ4v) is 5.43. The summed E-state index contributed by atoms with van der Waals surface area (Å²) in [6.07, 6.45) is 3.40. The highest BCUT2D eigenvalue weighted by atomic mass is 16.6. The second-order valence-electron chi connectivity index (χ2n) is 11.0. The van der Waals surface area contributed by atoms with Crippen LogP contribution in [0.3, 0.4) is 0 Å². The molecule has 1 unspecified atom stereocenters. The topological polar surface area (TPSA) is 114 Å². The van der Waals surface area contributed by atoms with Gasteiger partial charge in [-0.25, -0.2) is 4.79 Å². The third kappa shape index (κ3) is 4.90. The number of nitrogens with zero attached hydrogens (tertiary/aromatic N) is 2. The minimum Gasteiger partial charge on any atom is -0.444 e. The first-order valence-electron chi connectivity index (χ1n) is 12.6. The summed E-state index contributed by atoms with van der Waals surface area (Å²) in [4.78, 5) is 56.2. The molecule has 3 aromatic rings. The van der Waals surface area contributed by atoms with Crippen molar-refractivity contribution in [2.24, 2.45) is 17.8 Å². The number of hydrogen-bond donors (Lipinski definition) is 2. The van der Waals surface area contributed by atoms with E-state index in [2.05, 4.69) is 10.3 Å². The smallest absolute Gasteiger partial charge is 0.410 e. The van der Waals surface area contributed by atoms with E-state index in [1.165, 1.54) is 17.7 Å². The van der Waals surface area contributed by atoms with Crippen molar-refractivity contribution in [3.05, 3.63) is 69.8 Å². The highest BCUT2D eigenvalue weighted by Crippen LogP contribution is 2.54. The van der Waals surface area contributed by atoms with Gasteiger partial charge in [-0.15, -0.1) is 0 Å². The van der Waals surface area contributed by atoms with Gasteiger partial charge in [-0.1, -0.05) is 12.1 Å². The lowest BCUT2D eigenvalue weighted by atomic mass is 10.0. The van der Waals surface area contributed by atoms with Crippen molar-refractivity contribution in [3.63, 3.8) is 0 Å². The minimum absolute atomic E-state index is 0.0540. The van der Waals surface area contributed by atoms with E-state index in [1.54, 1.807) is 11.1 Å². The van der Waals surface area contributed by atoms with Gasteiger partial charge >= 0.3 is 6.09 Å². The van der Waals surface area contributed by atoms with Gasteiger partial charge in [0, 0.05) is 55.4 Å². The number of benzene rings is 1. The monoisotopic (exact) mass is 504 g/mol. The number of hydrogen-bond acceptors (Lipinski definition) is 5. The van der Waals surface area contributed by atoms with Crippen molar-refractivity contribution in [2.45, 2.75) is 39.3 Å². The fourth-order valence-electron chi connectivity index (χ4n) is 5.43. The summed E-state index contributed by atoms with van der Waals surface area (Å²) in [5.74, 6) is 0.0918. The van der Waals surface area contributed by atoms with E-state index < -0.39 is 17.1 Å². The number of carbonyl (C=O) groups is 3. The number of likely N-dealkylation sites (tertiary alicyclic amines) is 1. The van der Waals surface area contributed by atoms with Gasteiger partial charge < -0.3 is 24.5 Å². The molecule has 2 N–H and O–H groups in total. The SMILES string of the molecule is CNC(=O)c1cc(C(=O)CC2[C@H]3CN(C(=O)OC(C)(C)C)C[C@@H]23)cn(Cc2cccc3[nH]ccc23)c1=O. The fraction of sp³-hybridized carbons (Fsp3) is 0.429. The van der Waals surface area contributed by atoms with Gasteiger partial charge in [0.05, 0.1) is 6.54 Å². The van der Waals surface area contributed by atoms with Crippen LogP contribution in [0.4, 0.5) is 4.79 Å². The van der Waals surface area contributed by atoms with Crippen molar-refractivity contribution in [1.29, 1.82) is 0 Å². The Bertz CT molecular complexity index is 1430. The van der Waals surface area contributed by atoms with Gasteiger partial charge in [0.25, 0.3) is 11.5 Å². The standard InChI is InChI=1S/C28H32N4O5/c1-28(2,3)37-27(36)32-14-21-19(22(21)15-32)11-24(33)17-10-20(25(34)29-4)26(35)31(13-17)12-16-6-5-7-23-18(16)8-9-30-23/h5-10,13,19,21-22,30H,11-12,14-15H2,1-4H3,(H,29,34)/t19?,21-,22+. The molecule has 2 fully saturated rings. The largest absolute Gasteiger partial charge is 0.444 e. The third-order valence-electron chi connectivity index (χ3n) is 7.35. The van der Waals surface area contributed by atoms with E-state index in [0.29, 0.717) is 25.1 Å². The molecule has 1 saturated carbocycles. The van der Waals surface area contributed by atoms with Crippen molar-refractivity contribution >= 4 is 28.7 Å². The molecule has 9 nitrogen and oxygen atoms in total. The van der Waals surface area contributed by atoms with E-state index in [-0.39, 0.29) is 41.7 Å². The molecular formula is C28H32N4O5. The third-order valence-corrected chi connectivity index (χ3v) is 7.35. The van der Waals surface area contributed by atoms with Crippen LogP contribution in [0.1, 0.15) is 53.5 Å². The van der Waals surface area contributed by atoms with E-state index in [4.69, 9.17) is 4.74 Å². The Morgan fingerprint density at radius 2 is 1.86 bits per heavy atom. The Balaban J connectivity index is 1.33. The Morgan fingerprint density at radius 1 is 1.14 bits per heavy atom. The van der Waals surface area contributed by atoms with E-state index in [0.717, 1.165) is 16.5 Å². The number of amides is 2. The summed E-state index contributed by atoms with van der Waals surface area (Å²) in [7, 11) is 1.46. The zero-order valence-electron chi connectivity index (χ0n) is 21.5. The quantitative estimate of drug-likeness (QED) is 0.500. The molecule has 9 heteroatoms. The Hall–Kier alpha value is -3.88. The molecule has 194 valence electrons. The predicted octanol–water partition coefficient (Wildman–Crippen LogP) is 3.42. The van der Waals surface area contributed by atoms with Crippen molar-refractivity contribution < 1.29 is 19.1 Å². The number of piperidine rings is 1. The minimum atomic E-state index is -0.544. The van der Waals surface area contributed by atoms with Crippen LogP contribution in [0.5, 0.6) is 0 Å². The highest BCUT2D eigenvalue weighted by Gasteiger charge is 2.57. The number of Topliss-reactive ketones (excluding diaryl/α,β-unsaturated/α-hetero) is 1. The molecular weight excluding hydrogens is 472 g/mol. The maximum absolute atomic E-state index is 13.3. The molecule has 0 radical (unpaired) electrons. The lowest BCUT2D eigenvalue weighted by molar-refractivity contribution is 0.0265. The van der Waals surface area contributed by atoms with Crippen LogP contribution in [0.2, 0.25) is 0 Å². The maximum atomic E-state index is 13.3. The summed E-state index contributed by atoms with van der Waals surface area (Å²) in [6, 6.07) is 9.13. The number of ether oxygens (including phenoxy) is 1. The second-order valence-corrected chi connectivity index (χ2v) is 11.0. The number of fused-ring (bicyclic) bond motifs is 2. The summed E-state index contributed by atoms with van der Waals surface area (Å²) >= 11 is 0. The van der Waals surface area contributed by atoms with Gasteiger partial charge in [-0.2, -0.15) is 0 Å². The molecule has 1 aliphatic heterocycles. The van der Waals surface area contributed by atoms with Crippen LogP contribution in [-0.4, -0.2) is 58.0 Å². The number of carbonyl (C=O) groups excluding carboxylic acids is 3. The number of ketones is 1. The normalized spacial score (nSPS) is 20.5. The summed E-state index contributed by atoms with van der Waals surface area (Å²) in [5.41, 5.74) is 1.16. The van der Waals surface area contributed by atoms with Crippen LogP contribution >= 0.6 is 0 Å². The van der Waals surface area contributed by atoms with Gasteiger partial charge in [0.2, 0.25) is 0 Å². The average Bonchev–Trinajstić information content (AvgIpc) is 3.22. The summed E-state index contributed by atoms with van der Waals surface area (Å²) in [5, 5.41) is 3.48. The molecule has 1 aromatic carbocycles. The second kappa shape index (κ2) is 9.21. The Morgan fingerprint density at radius 3 is 2.54 bits per heavy atom. The first-order chi connectivity index (χ1) is 17.6. The van der Waals surface area contributed by atoms with Crippen molar-refractivity contribution in [1.82, 2.24) is 19.8 Å². The van der Waals surface area contributed by atoms with Crippen LogP contribution < -0.4 is 10.9 Å². The van der Waals surface area contributed by atoms with Crippen LogP contribution in [0.15, 0.2) is 47.5 Å². The molecule has 2 aliphatic rings. The molecule has 5 rings (SSSR count). The molecule has 0 spiro atoms. The molecule has 0 bridgehead atoms. The average molecular weight is 505 g/mol. The Labute approximate surface area is 214 Å². The van der Waals surface area contributed by atoms with Crippen LogP contribution in [-0.2, 0) is 11.3 Å². The molecule has 3 heterocycles. The lowest BCUT2D eigenvalue weighted by Gasteiger charge is -2.25. The van der Waals surface area contributed by atoms with Crippen molar-refractivity contribution in [2.75, 3.05) is 20.1 Å². The van der Waals surface area contributed by atoms with Gasteiger partial charge in [-0.3, -0.25) is 14.4 Å². The van der Waals surface area contributed by atoms with Crippen LogP contribution in [0.25, 0.3) is 10.9 Å². The van der Waals surface area contributed by atoms with E-state index >= 15 is 0 Å². The first kappa shape index (κ1) is 24.8. The molecule has 3 atom stereocenters. The van der Waals surface area contributed by atoms with E-state index in [9.17, 15) is 19.2 Å². The van der Waals surface area contributed by atoms with E-state index in [1.807, 2.05) is 51.2 Å². The van der Waals surface area contributed by atoms with Gasteiger partial charge in [0.15, 0.2) is 5.78 Å². The number of aromatic amines is 1. The zero-order chi connectivity index (χ0) is 26.5. The van der Waals surface area contributed by atoms with Gasteiger partial charge in [-0.05, 0) is 62.3 Å². The molecule has 37 heavy (non-hydrogen) atoms. The first-order valence-corrected chi connectivity index (χ1v) is 12.6. The highest BCUT2D eigenvalue weighted by molar-refractivity contribution is 6.00. The maximum Gasteiger partial charge on any atom is 0.410 e. The number of aromatic nitrogens is 2. The van der Waals surface area contributed by atoms with Gasteiger partial charge in [0.1, 0.15) is 11.2 Å². The Kier molecular flexibility index (Phi) is 6.17. The predicted molar refractivity (Wildman–Crippen MR) is 139 cm³/mol. The molecule has 1 saturated heterocycles. The summed E-state index contributed by atoms with van der Waals surface area (Å²) in [6.45, 7) is 6.93. The molecule has 2 aromatic heterocycles. The lowest BCUT2D eigenvalue weighted by Crippen LogP contribution is -2.37. The van der Waals surface area contributed by atoms with Crippen LogP contribution in [0, 0.1) is 17.8 Å². The number of H-pyrrole nitrogens is 1. The zero-order valence-corrected chi connectivity index (χ0v) is 21.5. The number of pyridine rings is 1. The number of rotatable bonds is 6. The summed E-state index contributed by atoms with van der Waals surface area (Å²) < 4.78 is 6.91.